The Kier molecular flexibility index (Phi) is 5.88. The fourth-order valence-electron chi connectivity index (χ4n) is 1.93. The molecule has 0 aromatic heterocycles. The number of hydrogen-bond donors (Lipinski definition) is 1. The summed E-state index contributed by atoms with van der Waals surface area (Å²) in [5, 5.41) is 9.68. The van der Waals surface area contributed by atoms with E-state index in [0.29, 0.717) is 5.92 Å². The van der Waals surface area contributed by atoms with Crippen LogP contribution in [-0.4, -0.2) is 24.4 Å². The predicted molar refractivity (Wildman–Crippen MR) is 58.2 cm³/mol. The van der Waals surface area contributed by atoms with Crippen molar-refractivity contribution >= 4 is 0 Å². The van der Waals surface area contributed by atoms with E-state index in [1.165, 1.54) is 19.3 Å². The maximum absolute atomic E-state index is 9.68. The summed E-state index contributed by atoms with van der Waals surface area (Å²) in [6.45, 7) is 5.18. The topological polar surface area (TPSA) is 29.5 Å². The van der Waals surface area contributed by atoms with Crippen molar-refractivity contribution in [3.8, 4) is 0 Å². The van der Waals surface area contributed by atoms with Crippen molar-refractivity contribution in [3.63, 3.8) is 0 Å². The minimum Gasteiger partial charge on any atom is -0.393 e. The van der Waals surface area contributed by atoms with Gasteiger partial charge in [-0.2, -0.15) is 0 Å². The molecule has 1 fully saturated rings. The maximum atomic E-state index is 9.68. The van der Waals surface area contributed by atoms with Crippen molar-refractivity contribution in [2.24, 2.45) is 5.92 Å². The second-order valence-electron chi connectivity index (χ2n) is 4.12. The molecule has 1 N–H and O–H groups in total. The third-order valence-corrected chi connectivity index (χ3v) is 2.92. The quantitative estimate of drug-likeness (QED) is 0.525. The fraction of sp³-hybridized carbons (Fsp3) is 0.833. The highest BCUT2D eigenvalue weighted by molar-refractivity contribution is 4.73. The third kappa shape index (κ3) is 4.25. The lowest BCUT2D eigenvalue weighted by Crippen LogP contribution is -2.31. The highest BCUT2D eigenvalue weighted by Crippen LogP contribution is 2.20. The first-order valence-electron chi connectivity index (χ1n) is 5.71. The summed E-state index contributed by atoms with van der Waals surface area (Å²) in [5.41, 5.74) is 0. The molecule has 2 unspecified atom stereocenters. The normalized spacial score (nSPS) is 27.5. The van der Waals surface area contributed by atoms with E-state index in [9.17, 15) is 5.11 Å². The second kappa shape index (κ2) is 7.02. The van der Waals surface area contributed by atoms with E-state index in [2.05, 4.69) is 6.58 Å². The van der Waals surface area contributed by atoms with Gasteiger partial charge >= 0.3 is 0 Å². The Morgan fingerprint density at radius 3 is 2.93 bits per heavy atom. The first kappa shape index (κ1) is 11.7. The summed E-state index contributed by atoms with van der Waals surface area (Å²) in [4.78, 5) is 0. The van der Waals surface area contributed by atoms with Crippen LogP contribution in [0.25, 0.3) is 0 Å². The van der Waals surface area contributed by atoms with Gasteiger partial charge in [-0.1, -0.05) is 18.9 Å². The lowest BCUT2D eigenvalue weighted by atomic mass is 9.92. The van der Waals surface area contributed by atoms with Crippen LogP contribution in [0.4, 0.5) is 0 Å². The largest absolute Gasteiger partial charge is 0.393 e. The molecular weight excluding hydrogens is 176 g/mol. The molecule has 0 aromatic rings. The van der Waals surface area contributed by atoms with Gasteiger partial charge in [-0.25, -0.2) is 0 Å². The number of allylic oxidation sites excluding steroid dienone is 1. The van der Waals surface area contributed by atoms with Crippen LogP contribution in [0.3, 0.4) is 0 Å². The zero-order chi connectivity index (χ0) is 10.2. The average molecular weight is 198 g/mol. The SMILES string of the molecule is C=CCCCCCC1COCCC1O. The molecule has 1 saturated heterocycles. The van der Waals surface area contributed by atoms with Gasteiger partial charge < -0.3 is 9.84 Å². The van der Waals surface area contributed by atoms with E-state index in [1.807, 2.05) is 6.08 Å². The molecule has 1 heterocycles. The number of hydrogen-bond acceptors (Lipinski definition) is 2. The van der Waals surface area contributed by atoms with Gasteiger partial charge in [-0.15, -0.1) is 6.58 Å². The van der Waals surface area contributed by atoms with Gasteiger partial charge in [0.25, 0.3) is 0 Å². The molecule has 1 aliphatic heterocycles. The Labute approximate surface area is 87.0 Å². The average Bonchev–Trinajstić information content (AvgIpc) is 2.20. The molecule has 0 radical (unpaired) electrons. The number of unbranched alkanes of at least 4 members (excludes halogenated alkanes) is 3. The van der Waals surface area contributed by atoms with Crippen molar-refractivity contribution < 1.29 is 9.84 Å². The summed E-state index contributed by atoms with van der Waals surface area (Å²) in [6, 6.07) is 0. The zero-order valence-corrected chi connectivity index (χ0v) is 8.95. The number of rotatable bonds is 6. The van der Waals surface area contributed by atoms with Crippen LogP contribution >= 0.6 is 0 Å². The molecule has 0 amide bonds. The Morgan fingerprint density at radius 1 is 1.36 bits per heavy atom. The van der Waals surface area contributed by atoms with Crippen LogP contribution in [0, 0.1) is 5.92 Å². The zero-order valence-electron chi connectivity index (χ0n) is 8.95. The molecule has 2 nitrogen and oxygen atoms in total. The summed E-state index contributed by atoms with van der Waals surface area (Å²) < 4.78 is 5.35. The van der Waals surface area contributed by atoms with Crippen molar-refractivity contribution in [2.45, 2.75) is 44.6 Å². The van der Waals surface area contributed by atoms with Gasteiger partial charge in [-0.3, -0.25) is 0 Å². The van der Waals surface area contributed by atoms with Crippen LogP contribution in [0.15, 0.2) is 12.7 Å². The van der Waals surface area contributed by atoms with E-state index < -0.39 is 0 Å². The van der Waals surface area contributed by atoms with Crippen molar-refractivity contribution in [1.29, 1.82) is 0 Å². The van der Waals surface area contributed by atoms with E-state index in [0.717, 1.165) is 32.5 Å². The summed E-state index contributed by atoms with van der Waals surface area (Å²) >= 11 is 0. The minimum absolute atomic E-state index is 0.122. The van der Waals surface area contributed by atoms with Crippen LogP contribution < -0.4 is 0 Å². The molecule has 1 aliphatic rings. The molecular formula is C12H22O2. The molecule has 2 atom stereocenters. The lowest BCUT2D eigenvalue weighted by Gasteiger charge is -2.27. The van der Waals surface area contributed by atoms with Gasteiger partial charge in [-0.05, 0) is 25.7 Å². The molecule has 14 heavy (non-hydrogen) atoms. The highest BCUT2D eigenvalue weighted by Gasteiger charge is 2.22. The van der Waals surface area contributed by atoms with Crippen molar-refractivity contribution in [1.82, 2.24) is 0 Å². The van der Waals surface area contributed by atoms with Crippen LogP contribution in [-0.2, 0) is 4.74 Å². The Balaban J connectivity index is 2.01. The van der Waals surface area contributed by atoms with Gasteiger partial charge in [0.2, 0.25) is 0 Å². The summed E-state index contributed by atoms with van der Waals surface area (Å²) in [5.74, 6) is 0.382. The highest BCUT2D eigenvalue weighted by atomic mass is 16.5. The first-order chi connectivity index (χ1) is 6.84. The van der Waals surface area contributed by atoms with E-state index in [1.54, 1.807) is 0 Å². The lowest BCUT2D eigenvalue weighted by molar-refractivity contribution is -0.0389. The van der Waals surface area contributed by atoms with Gasteiger partial charge in [0.15, 0.2) is 0 Å². The maximum Gasteiger partial charge on any atom is 0.0612 e. The van der Waals surface area contributed by atoms with Gasteiger partial charge in [0.05, 0.1) is 12.7 Å². The fourth-order valence-corrected chi connectivity index (χ4v) is 1.93. The summed E-state index contributed by atoms with van der Waals surface area (Å²) in [7, 11) is 0. The predicted octanol–water partition coefficient (Wildman–Crippen LogP) is 2.52. The monoisotopic (exact) mass is 198 g/mol. The van der Waals surface area contributed by atoms with Gasteiger partial charge in [0, 0.05) is 12.5 Å². The number of aliphatic hydroxyl groups excluding tert-OH is 1. The minimum atomic E-state index is -0.122. The molecule has 2 heteroatoms. The van der Waals surface area contributed by atoms with Crippen molar-refractivity contribution in [3.05, 3.63) is 12.7 Å². The van der Waals surface area contributed by atoms with E-state index in [4.69, 9.17) is 4.74 Å². The number of aliphatic hydroxyl groups is 1. The Hall–Kier alpha value is -0.340. The van der Waals surface area contributed by atoms with E-state index >= 15 is 0 Å². The van der Waals surface area contributed by atoms with Gasteiger partial charge in [0.1, 0.15) is 0 Å². The van der Waals surface area contributed by atoms with Crippen LogP contribution in [0.1, 0.15) is 38.5 Å². The molecule has 0 saturated carbocycles. The standard InChI is InChI=1S/C12H22O2/c1-2-3-4-5-6-7-11-10-14-9-8-12(11)13/h2,11-13H,1,3-10H2. The molecule has 0 aliphatic carbocycles. The first-order valence-corrected chi connectivity index (χ1v) is 5.71. The van der Waals surface area contributed by atoms with Crippen LogP contribution in [0.2, 0.25) is 0 Å². The summed E-state index contributed by atoms with van der Waals surface area (Å²) in [6.07, 6.45) is 8.57. The molecule has 0 aromatic carbocycles. The second-order valence-corrected chi connectivity index (χ2v) is 4.12. The Bertz CT molecular complexity index is 156. The van der Waals surface area contributed by atoms with Crippen LogP contribution in [0.5, 0.6) is 0 Å². The number of ether oxygens (including phenoxy) is 1. The molecule has 0 bridgehead atoms. The molecule has 82 valence electrons. The van der Waals surface area contributed by atoms with E-state index in [-0.39, 0.29) is 6.10 Å². The molecule has 1 rings (SSSR count). The smallest absolute Gasteiger partial charge is 0.0612 e. The molecule has 0 spiro atoms. The third-order valence-electron chi connectivity index (χ3n) is 2.92. The Morgan fingerprint density at radius 2 is 2.21 bits per heavy atom. The van der Waals surface area contributed by atoms with Crippen molar-refractivity contribution in [2.75, 3.05) is 13.2 Å².